The minimum Gasteiger partial charge on any atom is -0.477 e. The molecular weight excluding hydrogens is 372 g/mol. The van der Waals surface area contributed by atoms with Gasteiger partial charge in [-0.3, -0.25) is 0 Å². The number of anilines is 1. The van der Waals surface area contributed by atoms with Crippen molar-refractivity contribution in [3.63, 3.8) is 0 Å². The van der Waals surface area contributed by atoms with Crippen LogP contribution in [0.5, 0.6) is 0 Å². The van der Waals surface area contributed by atoms with E-state index in [1.807, 2.05) is 0 Å². The summed E-state index contributed by atoms with van der Waals surface area (Å²) in [5.41, 5.74) is 1.14. The first-order chi connectivity index (χ1) is 9.22. The lowest BCUT2D eigenvalue weighted by molar-refractivity contribution is 0.0702. The molecule has 0 saturated heterocycles. The van der Waals surface area contributed by atoms with Crippen LogP contribution in [0.2, 0.25) is 0 Å². The maximum absolute atomic E-state index is 12.2. The van der Waals surface area contributed by atoms with Gasteiger partial charge in [0.25, 0.3) is 10.0 Å². The zero-order chi connectivity index (χ0) is 15.1. The molecule has 0 bridgehead atoms. The number of carboxylic acids is 1. The molecule has 2 N–H and O–H groups in total. The van der Waals surface area contributed by atoms with Gasteiger partial charge in [-0.25, -0.2) is 17.9 Å². The highest BCUT2D eigenvalue weighted by atomic mass is 79.9. The Kier molecular flexibility index (Phi) is 3.89. The van der Waals surface area contributed by atoms with Crippen molar-refractivity contribution in [2.75, 3.05) is 4.72 Å². The summed E-state index contributed by atoms with van der Waals surface area (Å²) in [6.45, 7) is 3.34. The molecule has 20 heavy (non-hydrogen) atoms. The third kappa shape index (κ3) is 2.72. The average molecular weight is 381 g/mol. The fourth-order valence-electron chi connectivity index (χ4n) is 1.33. The van der Waals surface area contributed by atoms with Gasteiger partial charge in [-0.2, -0.15) is 0 Å². The molecule has 0 atom stereocenters. The summed E-state index contributed by atoms with van der Waals surface area (Å²) in [5, 5.41) is 12.5. The van der Waals surface area contributed by atoms with Crippen LogP contribution in [0.3, 0.4) is 0 Å². The lowest BCUT2D eigenvalue weighted by Gasteiger charge is -2.04. The molecule has 0 aliphatic heterocycles. The van der Waals surface area contributed by atoms with Crippen LogP contribution in [0.4, 0.5) is 5.88 Å². The zero-order valence-corrected chi connectivity index (χ0v) is 13.5. The molecule has 0 saturated carbocycles. The van der Waals surface area contributed by atoms with Gasteiger partial charge in [-0.15, -0.1) is 11.3 Å². The van der Waals surface area contributed by atoms with E-state index in [1.165, 1.54) is 0 Å². The summed E-state index contributed by atoms with van der Waals surface area (Å²) in [6.07, 6.45) is 0. The number of carbonyl (C=O) groups is 1. The second kappa shape index (κ2) is 5.19. The molecule has 2 rings (SSSR count). The molecule has 0 fully saturated rings. The largest absolute Gasteiger partial charge is 0.477 e. The van der Waals surface area contributed by atoms with E-state index in [4.69, 9.17) is 9.63 Å². The topological polar surface area (TPSA) is 110 Å². The van der Waals surface area contributed by atoms with Gasteiger partial charge in [0.05, 0.1) is 9.48 Å². The fourth-order valence-corrected chi connectivity index (χ4v) is 4.78. The third-order valence-electron chi connectivity index (χ3n) is 2.54. The van der Waals surface area contributed by atoms with Crippen molar-refractivity contribution < 1.29 is 22.8 Å². The van der Waals surface area contributed by atoms with Gasteiger partial charge >= 0.3 is 5.97 Å². The Balaban J connectivity index is 2.41. The average Bonchev–Trinajstić information content (AvgIpc) is 2.87. The summed E-state index contributed by atoms with van der Waals surface area (Å²) in [6, 6.07) is 1.08. The maximum Gasteiger partial charge on any atom is 0.345 e. The zero-order valence-electron chi connectivity index (χ0n) is 10.3. The maximum atomic E-state index is 12.2. The third-order valence-corrected chi connectivity index (χ3v) is 6.11. The van der Waals surface area contributed by atoms with Crippen molar-refractivity contribution in [1.29, 1.82) is 0 Å². The molecule has 0 aromatic carbocycles. The fraction of sp³-hybridized carbons (Fsp3) is 0.200. The van der Waals surface area contributed by atoms with Gasteiger partial charge < -0.3 is 9.63 Å². The Bertz CT molecular complexity index is 778. The number of sulfonamides is 1. The van der Waals surface area contributed by atoms with Crippen molar-refractivity contribution in [3.8, 4) is 0 Å². The van der Waals surface area contributed by atoms with Crippen LogP contribution in [-0.4, -0.2) is 24.7 Å². The Morgan fingerprint density at radius 3 is 2.60 bits per heavy atom. The first-order valence-electron chi connectivity index (χ1n) is 5.20. The lowest BCUT2D eigenvalue weighted by Crippen LogP contribution is -2.13. The molecule has 108 valence electrons. The van der Waals surface area contributed by atoms with Gasteiger partial charge in [0.15, 0.2) is 0 Å². The number of nitrogens with one attached hydrogen (secondary N) is 1. The second-order valence-corrected chi connectivity index (χ2v) is 7.90. The van der Waals surface area contributed by atoms with Crippen molar-refractivity contribution in [1.82, 2.24) is 5.16 Å². The summed E-state index contributed by atoms with van der Waals surface area (Å²) >= 11 is 3.87. The highest BCUT2D eigenvalue weighted by molar-refractivity contribution is 9.11. The van der Waals surface area contributed by atoms with Gasteiger partial charge in [0.1, 0.15) is 9.77 Å². The van der Waals surface area contributed by atoms with E-state index in [-0.39, 0.29) is 19.4 Å². The van der Waals surface area contributed by atoms with Gasteiger partial charge in [0.2, 0.25) is 5.88 Å². The predicted molar refractivity (Wildman–Crippen MR) is 75.8 cm³/mol. The van der Waals surface area contributed by atoms with Crippen molar-refractivity contribution in [2.24, 2.45) is 0 Å². The molecule has 0 unspecified atom stereocenters. The van der Waals surface area contributed by atoms with Crippen LogP contribution < -0.4 is 4.72 Å². The van der Waals surface area contributed by atoms with Gasteiger partial charge in [0, 0.05) is 5.56 Å². The van der Waals surface area contributed by atoms with E-state index in [9.17, 15) is 13.2 Å². The summed E-state index contributed by atoms with van der Waals surface area (Å²) in [5.74, 6) is -1.18. The van der Waals surface area contributed by atoms with Gasteiger partial charge in [-0.05, 0) is 35.8 Å². The molecular formula is C10H9BrN2O5S2. The van der Waals surface area contributed by atoms with Crippen LogP contribution in [0.1, 0.15) is 20.9 Å². The quantitative estimate of drug-likeness (QED) is 0.843. The molecule has 10 heteroatoms. The molecule has 0 amide bonds. The lowest BCUT2D eigenvalue weighted by atomic mass is 10.3. The number of hydrogen-bond donors (Lipinski definition) is 2. The van der Waals surface area contributed by atoms with Gasteiger partial charge in [-0.1, -0.05) is 5.16 Å². The monoisotopic (exact) mass is 380 g/mol. The van der Waals surface area contributed by atoms with Crippen molar-refractivity contribution in [2.45, 2.75) is 18.7 Å². The summed E-state index contributed by atoms with van der Waals surface area (Å²) < 4.78 is 31.7. The number of hydrogen-bond acceptors (Lipinski definition) is 6. The number of aryl methyl sites for hydroxylation is 1. The van der Waals surface area contributed by atoms with E-state index >= 15 is 0 Å². The standard InChI is InChI=1S/C10H9BrN2O5S2/c1-4-5(2)12-18-9(4)13-20(16,17)7-3-6(10(14)15)19-8(7)11/h3,13H,1-2H3,(H,14,15). The van der Waals surface area contributed by atoms with E-state index in [2.05, 4.69) is 25.8 Å². The number of rotatable bonds is 4. The van der Waals surface area contributed by atoms with Crippen molar-refractivity contribution >= 4 is 49.1 Å². The first-order valence-corrected chi connectivity index (χ1v) is 8.30. The Hall–Kier alpha value is -1.39. The van der Waals surface area contributed by atoms with E-state index in [0.29, 0.717) is 11.3 Å². The minimum absolute atomic E-state index is 0.0116. The summed E-state index contributed by atoms with van der Waals surface area (Å²) in [7, 11) is -3.95. The number of nitrogens with zero attached hydrogens (tertiary/aromatic N) is 1. The highest BCUT2D eigenvalue weighted by Gasteiger charge is 2.25. The number of aromatic nitrogens is 1. The predicted octanol–water partition coefficient (Wildman–Crippen LogP) is 2.61. The van der Waals surface area contributed by atoms with E-state index < -0.39 is 16.0 Å². The number of thiophene rings is 1. The normalized spacial score (nSPS) is 11.6. The highest BCUT2D eigenvalue weighted by Crippen LogP contribution is 2.33. The first kappa shape index (κ1) is 15.0. The SMILES string of the molecule is Cc1noc(NS(=O)(=O)c2cc(C(=O)O)sc2Br)c1C. The number of aromatic carboxylic acids is 1. The van der Waals surface area contributed by atoms with E-state index in [0.717, 1.165) is 17.4 Å². The van der Waals surface area contributed by atoms with Crippen molar-refractivity contribution in [3.05, 3.63) is 26.0 Å². The minimum atomic E-state index is -3.95. The molecule has 2 aromatic rings. The number of carboxylic acid groups (broad SMARTS) is 1. The summed E-state index contributed by atoms with van der Waals surface area (Å²) in [4.78, 5) is 10.6. The Morgan fingerprint density at radius 1 is 1.50 bits per heavy atom. The van der Waals surface area contributed by atoms with Crippen LogP contribution in [0.25, 0.3) is 0 Å². The van der Waals surface area contributed by atoms with Crippen LogP contribution in [0.15, 0.2) is 19.3 Å². The molecule has 2 aromatic heterocycles. The van der Waals surface area contributed by atoms with Crippen LogP contribution in [-0.2, 0) is 10.0 Å². The molecule has 0 radical (unpaired) electrons. The molecule has 7 nitrogen and oxygen atoms in total. The Morgan fingerprint density at radius 2 is 2.15 bits per heavy atom. The van der Waals surface area contributed by atoms with Crippen LogP contribution in [0, 0.1) is 13.8 Å². The van der Waals surface area contributed by atoms with Crippen LogP contribution >= 0.6 is 27.3 Å². The Labute approximate surface area is 126 Å². The second-order valence-electron chi connectivity index (χ2n) is 3.88. The van der Waals surface area contributed by atoms with E-state index in [1.54, 1.807) is 13.8 Å². The molecule has 0 aliphatic carbocycles. The number of halogens is 1. The molecule has 0 spiro atoms. The molecule has 2 heterocycles. The smallest absolute Gasteiger partial charge is 0.345 e. The molecule has 0 aliphatic rings.